The third-order valence-corrected chi connectivity index (χ3v) is 7.85. The van der Waals surface area contributed by atoms with E-state index in [9.17, 15) is 0 Å². The zero-order valence-corrected chi connectivity index (χ0v) is 22.2. The lowest BCUT2D eigenvalue weighted by molar-refractivity contribution is 0.235. The summed E-state index contributed by atoms with van der Waals surface area (Å²) in [5, 5.41) is 9.21. The van der Waals surface area contributed by atoms with Gasteiger partial charge in [-0.25, -0.2) is 9.97 Å². The molecule has 182 valence electrons. The molecule has 3 atom stereocenters. The quantitative estimate of drug-likeness (QED) is 0.406. The van der Waals surface area contributed by atoms with E-state index in [2.05, 4.69) is 53.4 Å². The van der Waals surface area contributed by atoms with Crippen molar-refractivity contribution in [2.24, 2.45) is 0 Å². The molecule has 0 saturated carbocycles. The van der Waals surface area contributed by atoms with Crippen molar-refractivity contribution in [1.29, 1.82) is 0 Å². The molecule has 7 nitrogen and oxygen atoms in total. The number of hydrogen-bond acceptors (Lipinski definition) is 8. The second-order valence-corrected chi connectivity index (χ2v) is 11.5. The number of rotatable bonds is 8. The van der Waals surface area contributed by atoms with Gasteiger partial charge in [0.15, 0.2) is 11.5 Å². The van der Waals surface area contributed by atoms with E-state index in [1.807, 2.05) is 30.0 Å². The van der Waals surface area contributed by atoms with Gasteiger partial charge in [0.2, 0.25) is 0 Å². The van der Waals surface area contributed by atoms with E-state index < -0.39 is 0 Å². The molecule has 1 aromatic heterocycles. The van der Waals surface area contributed by atoms with Crippen molar-refractivity contribution >= 4 is 57.4 Å². The average Bonchev–Trinajstić information content (AvgIpc) is 3.06. The van der Waals surface area contributed by atoms with Crippen molar-refractivity contribution in [3.63, 3.8) is 0 Å². The van der Waals surface area contributed by atoms with Crippen molar-refractivity contribution in [3.8, 4) is 11.5 Å². The summed E-state index contributed by atoms with van der Waals surface area (Å²) in [6.07, 6.45) is 1.52. The average molecular weight is 523 g/mol. The van der Waals surface area contributed by atoms with Gasteiger partial charge in [0.25, 0.3) is 0 Å². The number of hydrogen-bond donors (Lipinski definition) is 2. The Morgan fingerprint density at radius 3 is 2.65 bits per heavy atom. The standard InChI is InChI=1S/C24H29Cl2N5O2S/c1-14-20(30-24(2,34-14)12-31(3)4)11-33-22-10-19-16(9-21(22)32-5)23(28-13-27-19)29-15-6-7-17(25)18(26)8-15/h6-10,13-14,20,30H,11-12H2,1-5H3,(H,27,28,29). The number of anilines is 2. The lowest BCUT2D eigenvalue weighted by Gasteiger charge is -2.28. The molecular weight excluding hydrogens is 493 g/mol. The van der Waals surface area contributed by atoms with Gasteiger partial charge >= 0.3 is 0 Å². The molecule has 3 aromatic rings. The fourth-order valence-electron chi connectivity index (χ4n) is 4.23. The summed E-state index contributed by atoms with van der Waals surface area (Å²) in [5.41, 5.74) is 1.51. The molecule has 0 bridgehead atoms. The highest BCUT2D eigenvalue weighted by Crippen LogP contribution is 2.38. The van der Waals surface area contributed by atoms with E-state index in [1.54, 1.807) is 19.2 Å². The lowest BCUT2D eigenvalue weighted by atomic mass is 10.2. The van der Waals surface area contributed by atoms with Gasteiger partial charge in [-0.3, -0.25) is 5.32 Å². The third kappa shape index (κ3) is 5.63. The van der Waals surface area contributed by atoms with Gasteiger partial charge in [0, 0.05) is 28.9 Å². The van der Waals surface area contributed by atoms with Gasteiger partial charge < -0.3 is 19.7 Å². The first-order chi connectivity index (χ1) is 16.2. The van der Waals surface area contributed by atoms with Crippen LogP contribution in [-0.2, 0) is 0 Å². The SMILES string of the molecule is COc1cc2c(Nc3ccc(Cl)c(Cl)c3)ncnc2cc1OCC1NC(C)(CN(C)C)SC1C. The highest BCUT2D eigenvalue weighted by Gasteiger charge is 2.40. The minimum Gasteiger partial charge on any atom is -0.493 e. The van der Waals surface area contributed by atoms with Crippen molar-refractivity contribution in [2.75, 3.05) is 39.7 Å². The van der Waals surface area contributed by atoms with Crippen LogP contribution in [0.2, 0.25) is 10.0 Å². The number of benzene rings is 2. The Bertz CT molecular complexity index is 1180. The largest absolute Gasteiger partial charge is 0.493 e. The van der Waals surface area contributed by atoms with Gasteiger partial charge in [-0.05, 0) is 45.3 Å². The number of methoxy groups -OCH3 is 1. The molecule has 1 aliphatic heterocycles. The lowest BCUT2D eigenvalue weighted by Crippen LogP contribution is -2.48. The topological polar surface area (TPSA) is 71.5 Å². The summed E-state index contributed by atoms with van der Waals surface area (Å²) in [5.74, 6) is 1.90. The van der Waals surface area contributed by atoms with E-state index in [0.717, 1.165) is 23.1 Å². The third-order valence-electron chi connectivity index (χ3n) is 5.64. The Labute approximate surface area is 214 Å². The zero-order chi connectivity index (χ0) is 24.5. The number of likely N-dealkylation sites (N-methyl/N-ethyl adjacent to an activating group) is 1. The number of aromatic nitrogens is 2. The van der Waals surface area contributed by atoms with E-state index in [-0.39, 0.29) is 10.9 Å². The van der Waals surface area contributed by atoms with Gasteiger partial charge in [-0.2, -0.15) is 0 Å². The number of nitrogens with one attached hydrogen (secondary N) is 2. The van der Waals surface area contributed by atoms with Crippen LogP contribution >= 0.6 is 35.0 Å². The number of fused-ring (bicyclic) bond motifs is 1. The molecule has 3 unspecified atom stereocenters. The fourth-order valence-corrected chi connectivity index (χ4v) is 6.21. The minimum atomic E-state index is -0.0111. The first-order valence-electron chi connectivity index (χ1n) is 11.0. The summed E-state index contributed by atoms with van der Waals surface area (Å²) in [4.78, 5) is 11.0. The van der Waals surface area contributed by atoms with Crippen LogP contribution in [0.1, 0.15) is 13.8 Å². The predicted molar refractivity (Wildman–Crippen MR) is 142 cm³/mol. The summed E-state index contributed by atoms with van der Waals surface area (Å²) >= 11 is 14.1. The fraction of sp³-hybridized carbons (Fsp3) is 0.417. The van der Waals surface area contributed by atoms with Gasteiger partial charge in [-0.1, -0.05) is 30.1 Å². The van der Waals surface area contributed by atoms with Crippen LogP contribution in [-0.4, -0.2) is 65.4 Å². The minimum absolute atomic E-state index is 0.0111. The second-order valence-electron chi connectivity index (χ2n) is 8.85. The van der Waals surface area contributed by atoms with Gasteiger partial charge in [0.1, 0.15) is 18.8 Å². The van der Waals surface area contributed by atoms with Crippen LogP contribution in [0, 0.1) is 0 Å². The van der Waals surface area contributed by atoms with Gasteiger partial charge in [-0.15, -0.1) is 11.8 Å². The molecule has 2 heterocycles. The Kier molecular flexibility index (Phi) is 7.64. The van der Waals surface area contributed by atoms with E-state index >= 15 is 0 Å². The molecule has 10 heteroatoms. The molecule has 0 aliphatic carbocycles. The molecule has 1 fully saturated rings. The Balaban J connectivity index is 1.54. The highest BCUT2D eigenvalue weighted by atomic mass is 35.5. The number of ether oxygens (including phenoxy) is 2. The number of nitrogens with zero attached hydrogens (tertiary/aromatic N) is 3. The highest BCUT2D eigenvalue weighted by molar-refractivity contribution is 8.01. The van der Waals surface area contributed by atoms with Crippen LogP contribution < -0.4 is 20.1 Å². The predicted octanol–water partition coefficient (Wildman–Crippen LogP) is 5.44. The van der Waals surface area contributed by atoms with Crippen LogP contribution in [0.5, 0.6) is 11.5 Å². The monoisotopic (exact) mass is 521 g/mol. The molecule has 0 radical (unpaired) electrons. The van der Waals surface area contributed by atoms with Crippen molar-refractivity contribution < 1.29 is 9.47 Å². The Hall–Kier alpha value is -1.97. The molecule has 4 rings (SSSR count). The maximum atomic E-state index is 6.25. The maximum Gasteiger partial charge on any atom is 0.163 e. The van der Waals surface area contributed by atoms with Crippen molar-refractivity contribution in [2.45, 2.75) is 30.0 Å². The Morgan fingerprint density at radius 2 is 1.94 bits per heavy atom. The molecule has 2 N–H and O–H groups in total. The van der Waals surface area contributed by atoms with E-state index in [1.165, 1.54) is 6.33 Å². The molecule has 0 amide bonds. The smallest absolute Gasteiger partial charge is 0.163 e. The number of thioether (sulfide) groups is 1. The summed E-state index contributed by atoms with van der Waals surface area (Å²) in [7, 11) is 5.81. The first-order valence-corrected chi connectivity index (χ1v) is 12.6. The maximum absolute atomic E-state index is 6.25. The van der Waals surface area contributed by atoms with Crippen LogP contribution in [0.25, 0.3) is 10.9 Å². The molecular formula is C24H29Cl2N5O2S. The second kappa shape index (κ2) is 10.3. The van der Waals surface area contributed by atoms with Crippen molar-refractivity contribution in [1.82, 2.24) is 20.2 Å². The zero-order valence-electron chi connectivity index (χ0n) is 19.9. The van der Waals surface area contributed by atoms with Crippen molar-refractivity contribution in [3.05, 3.63) is 46.7 Å². The molecule has 0 spiro atoms. The Morgan fingerprint density at radius 1 is 1.15 bits per heavy atom. The van der Waals surface area contributed by atoms with E-state index in [0.29, 0.717) is 39.2 Å². The van der Waals surface area contributed by atoms with E-state index in [4.69, 9.17) is 32.7 Å². The molecule has 1 aliphatic rings. The van der Waals surface area contributed by atoms with Crippen LogP contribution in [0.15, 0.2) is 36.7 Å². The summed E-state index contributed by atoms with van der Waals surface area (Å²) in [6, 6.07) is 9.33. The number of halogens is 2. The molecule has 1 saturated heterocycles. The van der Waals surface area contributed by atoms with Gasteiger partial charge in [0.05, 0.1) is 33.6 Å². The summed E-state index contributed by atoms with van der Waals surface area (Å²) in [6.45, 7) is 5.95. The van der Waals surface area contributed by atoms with Crippen LogP contribution in [0.3, 0.4) is 0 Å². The molecule has 2 aromatic carbocycles. The first kappa shape index (κ1) is 25.1. The molecule has 34 heavy (non-hydrogen) atoms. The van der Waals surface area contributed by atoms with Crippen LogP contribution in [0.4, 0.5) is 11.5 Å². The normalized spacial score (nSPS) is 22.4. The summed E-state index contributed by atoms with van der Waals surface area (Å²) < 4.78 is 11.9.